The Bertz CT molecular complexity index is 536. The lowest BCUT2D eigenvalue weighted by molar-refractivity contribution is -0.140. The Labute approximate surface area is 130 Å². The predicted molar refractivity (Wildman–Crippen MR) is 82.9 cm³/mol. The first-order valence-electron chi connectivity index (χ1n) is 8.03. The number of amides is 2. The van der Waals surface area contributed by atoms with E-state index in [1.54, 1.807) is 23.3 Å². The molecular weight excluding hydrogens is 280 g/mol. The molecule has 1 aliphatic heterocycles. The Morgan fingerprint density at radius 1 is 1.09 bits per heavy atom. The molecule has 1 saturated heterocycles. The second-order valence-corrected chi connectivity index (χ2v) is 5.98. The third kappa shape index (κ3) is 3.40. The molecule has 5 nitrogen and oxygen atoms in total. The van der Waals surface area contributed by atoms with Crippen molar-refractivity contribution in [2.24, 2.45) is 5.92 Å². The van der Waals surface area contributed by atoms with E-state index in [0.717, 1.165) is 12.8 Å². The van der Waals surface area contributed by atoms with E-state index >= 15 is 0 Å². The molecule has 2 heterocycles. The predicted octanol–water partition coefficient (Wildman–Crippen LogP) is 2.15. The van der Waals surface area contributed by atoms with Crippen molar-refractivity contribution in [2.75, 3.05) is 26.2 Å². The first kappa shape index (κ1) is 14.9. The molecule has 1 aliphatic carbocycles. The van der Waals surface area contributed by atoms with E-state index in [0.29, 0.717) is 31.9 Å². The summed E-state index contributed by atoms with van der Waals surface area (Å²) < 4.78 is 5.17. The van der Waals surface area contributed by atoms with Crippen molar-refractivity contribution in [3.63, 3.8) is 0 Å². The first-order chi connectivity index (χ1) is 10.7. The van der Waals surface area contributed by atoms with Crippen LogP contribution in [0.3, 0.4) is 0 Å². The van der Waals surface area contributed by atoms with Gasteiger partial charge in [0.2, 0.25) is 11.8 Å². The Morgan fingerprint density at radius 2 is 1.77 bits per heavy atom. The summed E-state index contributed by atoms with van der Waals surface area (Å²) in [4.78, 5) is 28.2. The van der Waals surface area contributed by atoms with Crippen LogP contribution in [0.5, 0.6) is 0 Å². The molecule has 2 aliphatic rings. The van der Waals surface area contributed by atoms with Gasteiger partial charge in [-0.05, 0) is 31.1 Å². The third-order valence-electron chi connectivity index (χ3n) is 4.54. The normalized spacial score (nSPS) is 20.0. The Morgan fingerprint density at radius 3 is 2.41 bits per heavy atom. The average Bonchev–Trinajstić information content (AvgIpc) is 3.25. The highest BCUT2D eigenvalue weighted by Gasteiger charge is 2.29. The molecule has 118 valence electrons. The van der Waals surface area contributed by atoms with Crippen molar-refractivity contribution in [3.05, 3.63) is 30.2 Å². The van der Waals surface area contributed by atoms with Crippen LogP contribution < -0.4 is 0 Å². The minimum Gasteiger partial charge on any atom is -0.465 e. The number of carbonyl (C=O) groups excluding carboxylic acids is 2. The van der Waals surface area contributed by atoms with Crippen LogP contribution in [0.15, 0.2) is 28.9 Å². The van der Waals surface area contributed by atoms with Gasteiger partial charge in [0.25, 0.3) is 0 Å². The molecule has 0 unspecified atom stereocenters. The monoisotopic (exact) mass is 302 g/mol. The second-order valence-electron chi connectivity index (χ2n) is 5.98. The zero-order valence-electron chi connectivity index (χ0n) is 12.7. The maximum atomic E-state index is 12.4. The molecule has 0 aromatic carbocycles. The van der Waals surface area contributed by atoms with Crippen molar-refractivity contribution >= 4 is 17.9 Å². The summed E-state index contributed by atoms with van der Waals surface area (Å²) in [6.07, 6.45) is 9.20. The Balaban J connectivity index is 1.48. The summed E-state index contributed by atoms with van der Waals surface area (Å²) in [5.74, 6) is 1.16. The minimum absolute atomic E-state index is 0.0237. The van der Waals surface area contributed by atoms with Crippen LogP contribution in [0.4, 0.5) is 0 Å². The number of rotatable bonds is 3. The molecule has 1 aromatic rings. The van der Waals surface area contributed by atoms with Crippen molar-refractivity contribution < 1.29 is 14.0 Å². The lowest BCUT2D eigenvalue weighted by Crippen LogP contribution is -2.51. The Hall–Kier alpha value is -2.04. The molecule has 2 fully saturated rings. The quantitative estimate of drug-likeness (QED) is 0.804. The van der Waals surface area contributed by atoms with E-state index in [4.69, 9.17) is 4.42 Å². The topological polar surface area (TPSA) is 53.8 Å². The summed E-state index contributed by atoms with van der Waals surface area (Å²) in [7, 11) is 0. The van der Waals surface area contributed by atoms with Gasteiger partial charge in [-0.15, -0.1) is 0 Å². The van der Waals surface area contributed by atoms with Gasteiger partial charge in [-0.3, -0.25) is 9.59 Å². The lowest BCUT2D eigenvalue weighted by Gasteiger charge is -2.35. The molecule has 2 amide bonds. The van der Waals surface area contributed by atoms with Gasteiger partial charge in [-0.1, -0.05) is 12.8 Å². The van der Waals surface area contributed by atoms with Crippen LogP contribution in [0.25, 0.3) is 6.08 Å². The molecule has 3 rings (SSSR count). The smallest absolute Gasteiger partial charge is 0.246 e. The zero-order valence-corrected chi connectivity index (χ0v) is 12.7. The van der Waals surface area contributed by atoms with Gasteiger partial charge in [0.05, 0.1) is 6.26 Å². The summed E-state index contributed by atoms with van der Waals surface area (Å²) in [5.41, 5.74) is 0. The highest BCUT2D eigenvalue weighted by atomic mass is 16.3. The van der Waals surface area contributed by atoms with Crippen LogP contribution in [-0.2, 0) is 9.59 Å². The van der Waals surface area contributed by atoms with Crippen molar-refractivity contribution in [3.8, 4) is 0 Å². The fraction of sp³-hybridized carbons (Fsp3) is 0.529. The number of hydrogen-bond donors (Lipinski definition) is 0. The van der Waals surface area contributed by atoms with Crippen LogP contribution in [0.2, 0.25) is 0 Å². The number of nitrogens with zero attached hydrogens (tertiary/aromatic N) is 2. The van der Waals surface area contributed by atoms with Gasteiger partial charge in [-0.2, -0.15) is 0 Å². The van der Waals surface area contributed by atoms with E-state index < -0.39 is 0 Å². The molecule has 0 N–H and O–H groups in total. The number of furan rings is 1. The highest BCUT2D eigenvalue weighted by Crippen LogP contribution is 2.26. The van der Waals surface area contributed by atoms with Crippen LogP contribution in [-0.4, -0.2) is 47.8 Å². The molecule has 5 heteroatoms. The standard InChI is InChI=1S/C17H22N2O3/c20-16(8-7-15-6-3-13-22-15)18-9-11-19(12-10-18)17(21)14-4-1-2-5-14/h3,6-8,13-14H,1-2,4-5,9-12H2/b8-7+. The third-order valence-corrected chi connectivity index (χ3v) is 4.54. The summed E-state index contributed by atoms with van der Waals surface area (Å²) >= 11 is 0. The fourth-order valence-electron chi connectivity index (χ4n) is 3.22. The molecule has 0 bridgehead atoms. The lowest BCUT2D eigenvalue weighted by atomic mass is 10.1. The van der Waals surface area contributed by atoms with Gasteiger partial charge in [0, 0.05) is 38.2 Å². The van der Waals surface area contributed by atoms with Gasteiger partial charge in [0.15, 0.2) is 0 Å². The molecule has 22 heavy (non-hydrogen) atoms. The molecule has 0 atom stereocenters. The van der Waals surface area contributed by atoms with Crippen molar-refractivity contribution in [1.82, 2.24) is 9.80 Å². The van der Waals surface area contributed by atoms with Gasteiger partial charge in [-0.25, -0.2) is 0 Å². The van der Waals surface area contributed by atoms with Crippen LogP contribution in [0.1, 0.15) is 31.4 Å². The van der Waals surface area contributed by atoms with Gasteiger partial charge < -0.3 is 14.2 Å². The van der Waals surface area contributed by atoms with Crippen molar-refractivity contribution in [1.29, 1.82) is 0 Å². The second kappa shape index (κ2) is 6.81. The summed E-state index contributed by atoms with van der Waals surface area (Å²) in [6, 6.07) is 3.60. The van der Waals surface area contributed by atoms with Crippen LogP contribution in [0, 0.1) is 5.92 Å². The number of carbonyl (C=O) groups is 2. The molecule has 0 radical (unpaired) electrons. The molecular formula is C17H22N2O3. The maximum Gasteiger partial charge on any atom is 0.246 e. The summed E-state index contributed by atoms with van der Waals surface area (Å²) in [6.45, 7) is 2.52. The van der Waals surface area contributed by atoms with E-state index in [1.165, 1.54) is 18.9 Å². The SMILES string of the molecule is O=C(/C=C/c1ccco1)N1CCN(C(=O)C2CCCC2)CC1. The van der Waals surface area contributed by atoms with E-state index in [-0.39, 0.29) is 17.7 Å². The first-order valence-corrected chi connectivity index (χ1v) is 8.03. The van der Waals surface area contributed by atoms with Gasteiger partial charge in [0.1, 0.15) is 5.76 Å². The minimum atomic E-state index is -0.0237. The zero-order chi connectivity index (χ0) is 15.4. The maximum absolute atomic E-state index is 12.4. The molecule has 1 aromatic heterocycles. The summed E-state index contributed by atoms with van der Waals surface area (Å²) in [5, 5.41) is 0. The fourth-order valence-corrected chi connectivity index (χ4v) is 3.22. The molecule has 1 saturated carbocycles. The van der Waals surface area contributed by atoms with Gasteiger partial charge >= 0.3 is 0 Å². The van der Waals surface area contributed by atoms with E-state index in [9.17, 15) is 9.59 Å². The average molecular weight is 302 g/mol. The van der Waals surface area contributed by atoms with E-state index in [1.807, 2.05) is 11.0 Å². The molecule has 0 spiro atoms. The Kier molecular flexibility index (Phi) is 4.61. The number of hydrogen-bond acceptors (Lipinski definition) is 3. The largest absolute Gasteiger partial charge is 0.465 e. The number of piperazine rings is 1. The highest BCUT2D eigenvalue weighted by molar-refractivity contribution is 5.91. The van der Waals surface area contributed by atoms with Crippen LogP contribution >= 0.6 is 0 Å². The van der Waals surface area contributed by atoms with Crippen molar-refractivity contribution in [2.45, 2.75) is 25.7 Å². The van der Waals surface area contributed by atoms with E-state index in [2.05, 4.69) is 0 Å².